The Labute approximate surface area is 166 Å². The molecule has 0 spiro atoms. The first kappa shape index (κ1) is 20.2. The fourth-order valence-electron chi connectivity index (χ4n) is 3.66. The monoisotopic (exact) mass is 380 g/mol. The second kappa shape index (κ2) is 8.61. The molecule has 2 N–H and O–H groups in total. The molecule has 0 aliphatic rings. The van der Waals surface area contributed by atoms with Crippen molar-refractivity contribution in [3.8, 4) is 5.75 Å². The van der Waals surface area contributed by atoms with E-state index in [9.17, 15) is 4.79 Å². The van der Waals surface area contributed by atoms with Gasteiger partial charge >= 0.3 is 5.63 Å². The minimum atomic E-state index is -0.327. The van der Waals surface area contributed by atoms with Gasteiger partial charge in [0.2, 0.25) is 0 Å². The fourth-order valence-corrected chi connectivity index (χ4v) is 3.66. The third kappa shape index (κ3) is 4.45. The summed E-state index contributed by atoms with van der Waals surface area (Å²) in [6, 6.07) is 16.5. The van der Waals surface area contributed by atoms with Crippen LogP contribution >= 0.6 is 0 Å². The van der Waals surface area contributed by atoms with Gasteiger partial charge in [0.1, 0.15) is 23.9 Å². The normalized spacial score (nSPS) is 12.7. The second-order valence-corrected chi connectivity index (χ2v) is 7.98. The highest BCUT2D eigenvalue weighted by Crippen LogP contribution is 2.24. The van der Waals surface area contributed by atoms with Gasteiger partial charge in [0.25, 0.3) is 0 Å². The highest BCUT2D eigenvalue weighted by Gasteiger charge is 2.20. The maximum Gasteiger partial charge on any atom is 0.336 e. The van der Waals surface area contributed by atoms with Crippen molar-refractivity contribution in [1.29, 1.82) is 0 Å². The maximum absolute atomic E-state index is 12.0. The summed E-state index contributed by atoms with van der Waals surface area (Å²) in [5.74, 6) is 1.68. The fraction of sp³-hybridized carbons (Fsp3) is 0.375. The van der Waals surface area contributed by atoms with Crippen molar-refractivity contribution in [2.45, 2.75) is 46.2 Å². The summed E-state index contributed by atoms with van der Waals surface area (Å²) in [6.07, 6.45) is 0. The summed E-state index contributed by atoms with van der Waals surface area (Å²) >= 11 is 0. The minimum absolute atomic E-state index is 0.321. The van der Waals surface area contributed by atoms with Crippen molar-refractivity contribution in [3.63, 3.8) is 0 Å². The summed E-state index contributed by atoms with van der Waals surface area (Å²) in [7, 11) is 1.61. The van der Waals surface area contributed by atoms with Crippen molar-refractivity contribution in [3.05, 3.63) is 75.6 Å². The van der Waals surface area contributed by atoms with Crippen molar-refractivity contribution in [2.75, 3.05) is 7.11 Å². The summed E-state index contributed by atoms with van der Waals surface area (Å²) in [4.78, 5) is 12.0. The van der Waals surface area contributed by atoms with Crippen LogP contribution in [-0.2, 0) is 6.54 Å². The van der Waals surface area contributed by atoms with Crippen LogP contribution in [0.25, 0.3) is 11.0 Å². The van der Waals surface area contributed by atoms with Gasteiger partial charge < -0.3 is 14.5 Å². The van der Waals surface area contributed by atoms with E-state index < -0.39 is 0 Å². The number of benzene rings is 2. The van der Waals surface area contributed by atoms with E-state index in [1.165, 1.54) is 11.1 Å². The smallest absolute Gasteiger partial charge is 0.336 e. The molecule has 0 unspecified atom stereocenters. The second-order valence-electron chi connectivity index (χ2n) is 7.98. The number of nitrogens with two attached hydrogens (primary N) is 1. The lowest BCUT2D eigenvalue weighted by Crippen LogP contribution is -2.84. The molecule has 1 heterocycles. The molecule has 0 saturated carbocycles. The molecule has 3 rings (SSSR count). The standard InChI is InChI=1S/C24H29NO3/c1-15(2)17-6-8-18(9-7-17)24(16(3)4)25-14-19-12-23(26)28-22-13-20(27-5)10-11-21(19)22/h6-13,15-16,24-25H,14H2,1-5H3/p+1/t24-/m1/s1. The number of methoxy groups -OCH3 is 1. The van der Waals surface area contributed by atoms with Gasteiger partial charge in [-0.1, -0.05) is 52.0 Å². The molecule has 1 atom stereocenters. The van der Waals surface area contributed by atoms with E-state index in [-0.39, 0.29) is 5.63 Å². The van der Waals surface area contributed by atoms with Gasteiger partial charge in [-0.05, 0) is 23.6 Å². The molecule has 0 bridgehead atoms. The van der Waals surface area contributed by atoms with Gasteiger partial charge in [0.05, 0.1) is 7.11 Å². The predicted octanol–water partition coefficient (Wildman–Crippen LogP) is 4.39. The molecular formula is C24H30NO3+. The Morgan fingerprint density at radius 3 is 2.25 bits per heavy atom. The molecule has 28 heavy (non-hydrogen) atoms. The number of fused-ring (bicyclic) bond motifs is 1. The molecule has 4 nitrogen and oxygen atoms in total. The van der Waals surface area contributed by atoms with Crippen LogP contribution in [0, 0.1) is 5.92 Å². The highest BCUT2D eigenvalue weighted by atomic mass is 16.5. The maximum atomic E-state index is 12.0. The lowest BCUT2D eigenvalue weighted by atomic mass is 9.93. The Balaban J connectivity index is 1.87. The van der Waals surface area contributed by atoms with Crippen molar-refractivity contribution < 1.29 is 14.5 Å². The lowest BCUT2D eigenvalue weighted by molar-refractivity contribution is -0.717. The molecule has 0 fully saturated rings. The Bertz CT molecular complexity index is 987. The molecular weight excluding hydrogens is 350 g/mol. The van der Waals surface area contributed by atoms with Crippen LogP contribution in [0.3, 0.4) is 0 Å². The van der Waals surface area contributed by atoms with Crippen LogP contribution in [0.5, 0.6) is 5.75 Å². The third-order valence-electron chi connectivity index (χ3n) is 5.34. The SMILES string of the molecule is COc1ccc2c(C[NH2+][C@@H](c3ccc(C(C)C)cc3)C(C)C)cc(=O)oc2c1. The summed E-state index contributed by atoms with van der Waals surface area (Å²) in [5.41, 5.74) is 3.89. The molecule has 0 aliphatic carbocycles. The lowest BCUT2D eigenvalue weighted by Gasteiger charge is -2.20. The van der Waals surface area contributed by atoms with Crippen molar-refractivity contribution in [2.24, 2.45) is 5.92 Å². The van der Waals surface area contributed by atoms with Gasteiger partial charge in [0, 0.05) is 34.6 Å². The van der Waals surface area contributed by atoms with E-state index in [1.54, 1.807) is 19.2 Å². The van der Waals surface area contributed by atoms with E-state index >= 15 is 0 Å². The van der Waals surface area contributed by atoms with E-state index in [1.807, 2.05) is 12.1 Å². The number of quaternary nitrogens is 1. The van der Waals surface area contributed by atoms with Crippen LogP contribution < -0.4 is 15.7 Å². The average Bonchev–Trinajstić information content (AvgIpc) is 2.67. The first-order chi connectivity index (χ1) is 13.4. The van der Waals surface area contributed by atoms with Gasteiger partial charge in [-0.2, -0.15) is 0 Å². The summed E-state index contributed by atoms with van der Waals surface area (Å²) < 4.78 is 10.6. The van der Waals surface area contributed by atoms with Crippen LogP contribution in [0.2, 0.25) is 0 Å². The molecule has 148 valence electrons. The number of rotatable bonds is 7. The van der Waals surface area contributed by atoms with E-state index in [0.29, 0.717) is 35.8 Å². The molecule has 0 amide bonds. The summed E-state index contributed by atoms with van der Waals surface area (Å²) in [5, 5.41) is 3.27. The third-order valence-corrected chi connectivity index (χ3v) is 5.34. The topological polar surface area (TPSA) is 56.0 Å². The molecule has 1 aromatic heterocycles. The van der Waals surface area contributed by atoms with Crippen LogP contribution in [-0.4, -0.2) is 7.11 Å². The largest absolute Gasteiger partial charge is 0.497 e. The first-order valence-electron chi connectivity index (χ1n) is 9.93. The van der Waals surface area contributed by atoms with Gasteiger partial charge in [0.15, 0.2) is 0 Å². The number of hydrogen-bond donors (Lipinski definition) is 1. The molecule has 0 saturated heterocycles. The van der Waals surface area contributed by atoms with E-state index in [4.69, 9.17) is 9.15 Å². The molecule has 2 aromatic carbocycles. The van der Waals surface area contributed by atoms with Gasteiger partial charge in [-0.3, -0.25) is 0 Å². The van der Waals surface area contributed by atoms with Crippen molar-refractivity contribution >= 4 is 11.0 Å². The molecule has 4 heteroatoms. The Morgan fingerprint density at radius 2 is 1.64 bits per heavy atom. The highest BCUT2D eigenvalue weighted by molar-refractivity contribution is 5.81. The first-order valence-corrected chi connectivity index (χ1v) is 9.93. The predicted molar refractivity (Wildman–Crippen MR) is 113 cm³/mol. The molecule has 0 aliphatic heterocycles. The van der Waals surface area contributed by atoms with E-state index in [0.717, 1.165) is 10.9 Å². The average molecular weight is 381 g/mol. The quantitative estimate of drug-likeness (QED) is 0.619. The molecule has 0 radical (unpaired) electrons. The summed E-state index contributed by atoms with van der Waals surface area (Å²) in [6.45, 7) is 9.60. The Hall–Kier alpha value is -2.59. The van der Waals surface area contributed by atoms with Gasteiger partial charge in [-0.25, -0.2) is 4.79 Å². The van der Waals surface area contributed by atoms with Crippen LogP contribution in [0.4, 0.5) is 0 Å². The van der Waals surface area contributed by atoms with Crippen molar-refractivity contribution in [1.82, 2.24) is 0 Å². The number of hydrogen-bond acceptors (Lipinski definition) is 3. The Morgan fingerprint density at radius 1 is 0.964 bits per heavy atom. The minimum Gasteiger partial charge on any atom is -0.497 e. The zero-order valence-corrected chi connectivity index (χ0v) is 17.4. The van der Waals surface area contributed by atoms with Crippen LogP contribution in [0.15, 0.2) is 57.7 Å². The zero-order chi connectivity index (χ0) is 20.3. The van der Waals surface area contributed by atoms with Crippen LogP contribution in [0.1, 0.15) is 56.3 Å². The van der Waals surface area contributed by atoms with E-state index in [2.05, 4.69) is 57.3 Å². The molecule has 3 aromatic rings. The zero-order valence-electron chi connectivity index (χ0n) is 17.4. The number of ether oxygens (including phenoxy) is 1. The Kier molecular flexibility index (Phi) is 6.20. The van der Waals surface area contributed by atoms with Gasteiger partial charge in [-0.15, -0.1) is 0 Å².